The van der Waals surface area contributed by atoms with E-state index in [1.807, 2.05) is 0 Å². The molecule has 0 saturated carbocycles. The molecule has 0 spiro atoms. The van der Waals surface area contributed by atoms with Crippen LogP contribution in [0.5, 0.6) is 11.5 Å². The molecule has 0 aliphatic carbocycles. The first-order valence-electron chi connectivity index (χ1n) is 7.98. The second-order valence-corrected chi connectivity index (χ2v) is 6.43. The molecule has 0 fully saturated rings. The van der Waals surface area contributed by atoms with E-state index >= 15 is 0 Å². The van der Waals surface area contributed by atoms with Gasteiger partial charge in [0.1, 0.15) is 11.5 Å². The van der Waals surface area contributed by atoms with Gasteiger partial charge in [0.05, 0.1) is 23.9 Å². The molecule has 1 aromatic heterocycles. The van der Waals surface area contributed by atoms with Crippen LogP contribution in [0.15, 0.2) is 6.07 Å². The molecular weight excluding hydrogens is 332 g/mol. The molecule has 4 rings (SSSR count). The van der Waals surface area contributed by atoms with Gasteiger partial charge in [0, 0.05) is 23.7 Å². The van der Waals surface area contributed by atoms with Gasteiger partial charge in [0.15, 0.2) is 5.69 Å². The molecule has 126 valence electrons. The maximum atomic E-state index is 11.3. The Bertz CT molecular complexity index is 807. The average Bonchev–Trinajstić information content (AvgIpc) is 2.97. The molecule has 3 heterocycles. The highest BCUT2D eigenvalue weighted by Gasteiger charge is 2.31. The Labute approximate surface area is 143 Å². The fourth-order valence-corrected chi connectivity index (χ4v) is 3.81. The number of aryl methyl sites for hydroxylation is 1. The van der Waals surface area contributed by atoms with E-state index in [0.717, 1.165) is 48.1 Å². The average molecular weight is 349 g/mol. The van der Waals surface area contributed by atoms with Crippen molar-refractivity contribution in [2.24, 2.45) is 7.05 Å². The van der Waals surface area contributed by atoms with Crippen LogP contribution in [0.25, 0.3) is 11.3 Å². The van der Waals surface area contributed by atoms with E-state index in [2.05, 4.69) is 5.10 Å². The fourth-order valence-electron chi connectivity index (χ4n) is 3.47. The van der Waals surface area contributed by atoms with Gasteiger partial charge in [-0.3, -0.25) is 4.68 Å². The zero-order valence-electron chi connectivity index (χ0n) is 13.3. The fraction of sp³-hybridized carbons (Fsp3) is 0.412. The molecular formula is C17H17ClN2O4. The first-order valence-corrected chi connectivity index (χ1v) is 8.36. The van der Waals surface area contributed by atoms with E-state index in [0.29, 0.717) is 29.7 Å². The summed E-state index contributed by atoms with van der Waals surface area (Å²) < 4.78 is 13.4. The molecule has 0 radical (unpaired) electrons. The Hall–Kier alpha value is -2.21. The highest BCUT2D eigenvalue weighted by atomic mass is 35.5. The normalized spacial score (nSPS) is 15.9. The highest BCUT2D eigenvalue weighted by molar-refractivity contribution is 6.33. The molecule has 0 bridgehead atoms. The number of aromatic nitrogens is 2. The minimum atomic E-state index is -1.05. The number of benzene rings is 1. The number of carboxylic acid groups (broad SMARTS) is 1. The van der Waals surface area contributed by atoms with Gasteiger partial charge in [0.2, 0.25) is 0 Å². The maximum Gasteiger partial charge on any atom is 0.356 e. The summed E-state index contributed by atoms with van der Waals surface area (Å²) in [5.41, 5.74) is 3.51. The van der Waals surface area contributed by atoms with E-state index in [-0.39, 0.29) is 5.69 Å². The second-order valence-electron chi connectivity index (χ2n) is 6.05. The van der Waals surface area contributed by atoms with E-state index < -0.39 is 5.97 Å². The molecule has 0 atom stereocenters. The number of aromatic carboxylic acids is 1. The third kappa shape index (κ3) is 2.24. The van der Waals surface area contributed by atoms with Gasteiger partial charge in [-0.15, -0.1) is 0 Å². The quantitative estimate of drug-likeness (QED) is 0.902. The number of carbonyl (C=O) groups is 1. The largest absolute Gasteiger partial charge is 0.493 e. The van der Waals surface area contributed by atoms with Gasteiger partial charge in [0.25, 0.3) is 0 Å². The number of nitrogens with zero attached hydrogens (tertiary/aromatic N) is 2. The Kier molecular flexibility index (Phi) is 3.64. The zero-order valence-corrected chi connectivity index (χ0v) is 14.0. The van der Waals surface area contributed by atoms with Crippen molar-refractivity contribution in [2.75, 3.05) is 13.2 Å². The minimum Gasteiger partial charge on any atom is -0.493 e. The van der Waals surface area contributed by atoms with E-state index in [4.69, 9.17) is 21.1 Å². The number of ether oxygens (including phenoxy) is 2. The molecule has 7 heteroatoms. The van der Waals surface area contributed by atoms with Crippen LogP contribution >= 0.6 is 11.6 Å². The summed E-state index contributed by atoms with van der Waals surface area (Å²) in [5.74, 6) is 0.404. The van der Waals surface area contributed by atoms with Crippen LogP contribution < -0.4 is 9.47 Å². The smallest absolute Gasteiger partial charge is 0.356 e. The predicted molar refractivity (Wildman–Crippen MR) is 88.2 cm³/mol. The highest BCUT2D eigenvalue weighted by Crippen LogP contribution is 2.50. The molecule has 2 aromatic rings. The summed E-state index contributed by atoms with van der Waals surface area (Å²) in [6.07, 6.45) is 3.42. The SMILES string of the molecule is Cn1nc(C(=O)O)cc1-c1c2c(c(Cl)c3c1OCCC3)OCCC2. The third-order valence-corrected chi connectivity index (χ3v) is 4.93. The monoisotopic (exact) mass is 348 g/mol. The molecule has 1 N–H and O–H groups in total. The molecule has 0 unspecified atom stereocenters. The van der Waals surface area contributed by atoms with Crippen LogP contribution in [0.2, 0.25) is 5.02 Å². The van der Waals surface area contributed by atoms with Gasteiger partial charge < -0.3 is 14.6 Å². The lowest BCUT2D eigenvalue weighted by molar-refractivity contribution is 0.0689. The van der Waals surface area contributed by atoms with Crippen molar-refractivity contribution in [1.82, 2.24) is 9.78 Å². The molecule has 6 nitrogen and oxygen atoms in total. The van der Waals surface area contributed by atoms with Crippen LogP contribution in [0.1, 0.15) is 34.5 Å². The van der Waals surface area contributed by atoms with Crippen LogP contribution in [-0.4, -0.2) is 34.1 Å². The zero-order chi connectivity index (χ0) is 16.8. The van der Waals surface area contributed by atoms with Crippen LogP contribution in [-0.2, 0) is 19.9 Å². The van der Waals surface area contributed by atoms with E-state index in [1.165, 1.54) is 0 Å². The number of halogens is 1. The lowest BCUT2D eigenvalue weighted by Crippen LogP contribution is -2.17. The lowest BCUT2D eigenvalue weighted by Gasteiger charge is -2.29. The van der Waals surface area contributed by atoms with Crippen LogP contribution in [0, 0.1) is 0 Å². The summed E-state index contributed by atoms with van der Waals surface area (Å²) in [6.45, 7) is 1.26. The number of hydrogen-bond donors (Lipinski definition) is 1. The van der Waals surface area contributed by atoms with Crippen molar-refractivity contribution in [3.05, 3.63) is 27.9 Å². The maximum absolute atomic E-state index is 11.3. The number of fused-ring (bicyclic) bond motifs is 2. The molecule has 1 aromatic carbocycles. The summed E-state index contributed by atoms with van der Waals surface area (Å²) in [5, 5.41) is 14.0. The summed E-state index contributed by atoms with van der Waals surface area (Å²) in [4.78, 5) is 11.3. The Morgan fingerprint density at radius 3 is 2.54 bits per heavy atom. The van der Waals surface area contributed by atoms with Gasteiger partial charge in [-0.1, -0.05) is 11.6 Å². The van der Waals surface area contributed by atoms with Gasteiger partial charge in [-0.05, 0) is 31.7 Å². The Morgan fingerprint density at radius 2 is 1.88 bits per heavy atom. The summed E-state index contributed by atoms with van der Waals surface area (Å²) in [7, 11) is 1.74. The van der Waals surface area contributed by atoms with Crippen molar-refractivity contribution < 1.29 is 19.4 Å². The van der Waals surface area contributed by atoms with Crippen molar-refractivity contribution in [3.8, 4) is 22.8 Å². The summed E-state index contributed by atoms with van der Waals surface area (Å²) in [6, 6.07) is 1.58. The van der Waals surface area contributed by atoms with E-state index in [9.17, 15) is 9.90 Å². The Morgan fingerprint density at radius 1 is 1.21 bits per heavy atom. The standard InChI is InChI=1S/C17H17ClN2O4/c1-20-12(8-11(19-20)17(21)22)13-9-4-2-7-24-16(9)14(18)10-5-3-6-23-15(10)13/h8H,2-7H2,1H3,(H,21,22). The van der Waals surface area contributed by atoms with Crippen LogP contribution in [0.3, 0.4) is 0 Å². The summed E-state index contributed by atoms with van der Waals surface area (Å²) >= 11 is 6.58. The molecule has 2 aliphatic rings. The van der Waals surface area contributed by atoms with Gasteiger partial charge in [-0.25, -0.2) is 4.79 Å². The van der Waals surface area contributed by atoms with Gasteiger partial charge in [-0.2, -0.15) is 5.10 Å². The molecule has 0 amide bonds. The first kappa shape index (κ1) is 15.3. The Balaban J connectivity index is 2.02. The third-order valence-electron chi connectivity index (χ3n) is 4.53. The van der Waals surface area contributed by atoms with Crippen molar-refractivity contribution in [2.45, 2.75) is 25.7 Å². The van der Waals surface area contributed by atoms with Crippen molar-refractivity contribution in [3.63, 3.8) is 0 Å². The van der Waals surface area contributed by atoms with E-state index in [1.54, 1.807) is 17.8 Å². The second kappa shape index (κ2) is 5.70. The predicted octanol–water partition coefficient (Wildman–Crippen LogP) is 3.09. The topological polar surface area (TPSA) is 73.6 Å². The molecule has 0 saturated heterocycles. The van der Waals surface area contributed by atoms with Crippen LogP contribution in [0.4, 0.5) is 0 Å². The minimum absolute atomic E-state index is 0.0116. The number of carboxylic acids is 1. The first-order chi connectivity index (χ1) is 11.6. The molecule has 2 aliphatic heterocycles. The lowest BCUT2D eigenvalue weighted by atomic mass is 9.91. The number of rotatable bonds is 2. The number of hydrogen-bond acceptors (Lipinski definition) is 4. The molecule has 24 heavy (non-hydrogen) atoms. The van der Waals surface area contributed by atoms with Crippen molar-refractivity contribution >= 4 is 17.6 Å². The van der Waals surface area contributed by atoms with Gasteiger partial charge >= 0.3 is 5.97 Å². The van der Waals surface area contributed by atoms with Crippen molar-refractivity contribution in [1.29, 1.82) is 0 Å².